The van der Waals surface area contributed by atoms with E-state index in [-0.39, 0.29) is 90.4 Å². The van der Waals surface area contributed by atoms with E-state index in [1.54, 1.807) is 33.8 Å². The Morgan fingerprint density at radius 1 is 0.673 bits per heavy atom. The molecule has 4 aliphatic carbocycles. The number of nitrogens with one attached hydrogen (secondary N) is 3. The Labute approximate surface area is 647 Å². The predicted molar refractivity (Wildman–Crippen MR) is 401 cm³/mol. The first kappa shape index (κ1) is 90.1. The van der Waals surface area contributed by atoms with Crippen LogP contribution in [0.25, 0.3) is 0 Å². The van der Waals surface area contributed by atoms with Gasteiger partial charge in [-0.15, -0.1) is 0 Å². The summed E-state index contributed by atoms with van der Waals surface area (Å²) in [6, 6.07) is -11.0. The molecule has 6 fully saturated rings. The smallest absolute Gasteiger partial charge is 0.379 e. The zero-order valence-corrected chi connectivity index (χ0v) is 67.8. The number of carbonyl (C=O) groups is 12. The summed E-state index contributed by atoms with van der Waals surface area (Å²) in [5.41, 5.74) is -2.31. The molecule has 12 atom stereocenters. The van der Waals surface area contributed by atoms with Crippen molar-refractivity contribution < 1.29 is 89.0 Å². The van der Waals surface area contributed by atoms with Gasteiger partial charge in [0.1, 0.15) is 72.1 Å². The monoisotopic (exact) mass is 1560 g/mol. The molecule has 0 aromatic carbocycles. The highest BCUT2D eigenvalue weighted by Gasteiger charge is 2.60. The molecule has 0 aromatic heterocycles. The Hall–Kier alpha value is -7.05. The third kappa shape index (κ3) is 22.0. The molecule has 622 valence electrons. The molecule has 0 radical (unpaired) electrons. The number of hydrogen-bond donors (Lipinski definition) is 3. The van der Waals surface area contributed by atoms with E-state index in [0.717, 1.165) is 40.4 Å². The van der Waals surface area contributed by atoms with Crippen molar-refractivity contribution in [3.05, 3.63) is 12.2 Å². The van der Waals surface area contributed by atoms with Gasteiger partial charge in [0.15, 0.2) is 0 Å². The van der Waals surface area contributed by atoms with Crippen LogP contribution >= 0.6 is 0 Å². The number of rotatable bonds is 17. The van der Waals surface area contributed by atoms with E-state index in [1.165, 1.54) is 71.7 Å². The maximum Gasteiger partial charge on any atom is 0.397 e. The van der Waals surface area contributed by atoms with Crippen LogP contribution in [0.4, 0.5) is 22.0 Å². The molecule has 12 amide bonds. The van der Waals surface area contributed by atoms with Crippen LogP contribution in [-0.2, 0) is 67.0 Å². The highest BCUT2D eigenvalue weighted by Crippen LogP contribution is 2.50. The fourth-order valence-corrected chi connectivity index (χ4v) is 18.1. The van der Waals surface area contributed by atoms with Crippen molar-refractivity contribution in [3.63, 3.8) is 0 Å². The fraction of sp³-hybridized carbons (Fsp3) is 0.823. The summed E-state index contributed by atoms with van der Waals surface area (Å²) in [4.78, 5) is 195. The Morgan fingerprint density at radius 3 is 1.88 bits per heavy atom. The number of nitrogens with zero attached hydrogens (tertiary/aromatic N) is 9. The molecule has 3 aliphatic heterocycles. The molecule has 7 rings (SSSR count). The molecule has 4 saturated carbocycles. The zero-order chi connectivity index (χ0) is 81.6. The van der Waals surface area contributed by atoms with Crippen molar-refractivity contribution in [2.24, 2.45) is 40.9 Å². The maximum absolute atomic E-state index is 15.9. The van der Waals surface area contributed by atoms with E-state index in [9.17, 15) is 32.3 Å². The van der Waals surface area contributed by atoms with Crippen molar-refractivity contribution in [2.45, 2.75) is 276 Å². The van der Waals surface area contributed by atoms with Crippen molar-refractivity contribution in [3.8, 4) is 0 Å². The van der Waals surface area contributed by atoms with Crippen LogP contribution in [-0.4, -0.2) is 295 Å². The van der Waals surface area contributed by atoms with Gasteiger partial charge in [-0.25, -0.2) is 8.78 Å². The van der Waals surface area contributed by atoms with Crippen molar-refractivity contribution in [1.29, 1.82) is 0 Å². The third-order valence-electron chi connectivity index (χ3n) is 24.6. The summed E-state index contributed by atoms with van der Waals surface area (Å²) < 4.78 is 85.2. The van der Waals surface area contributed by atoms with E-state index in [4.69, 9.17) is 9.47 Å². The standard InChI is InChI=1S/C79H127F5N12O14/c1-16-36-109-45-61-68(100)86-66(49(7)17-2)74(106)89(11)44-64(99)90(12)57-28-22-21-25-35-95(73(57)105)60(39-50-31-29-48(6)30-32-50)71(103)88(10)43-62(97)85-56(34-33-51-37-54(80)65(55(81)38-51)79(82,83)84)70(102)96-42-53(110-20-5)40-58(96)69(101)87-78(46-77(8,9)47-78)76(108)93(15)67(52-26-23-24-27-52)75(107)92(14)59(41-63(98)91(61)13)72(104)94(18-3)19-4/h21-22,48-61,65-67H,16-20,23-47H2,1-15H3,(H,85,97)(H,86,100)(H,87,101)/b22-21-/t48?,49-,50?,51?,53+,54?,55?,56-,57-,58-,59-,60-,61-,65?,66-,67-/m0/s1. The van der Waals surface area contributed by atoms with Gasteiger partial charge in [-0.1, -0.05) is 98.6 Å². The van der Waals surface area contributed by atoms with Gasteiger partial charge in [-0.05, 0) is 133 Å². The molecule has 2 unspecified atom stereocenters. The van der Waals surface area contributed by atoms with Gasteiger partial charge < -0.3 is 69.5 Å². The molecule has 1 spiro atoms. The Bertz CT molecular complexity index is 3240. The second-order valence-electron chi connectivity index (χ2n) is 33.4. The Balaban J connectivity index is 1.35. The molecule has 2 bridgehead atoms. The molecule has 26 nitrogen and oxygen atoms in total. The highest BCUT2D eigenvalue weighted by atomic mass is 19.4. The van der Waals surface area contributed by atoms with E-state index in [0.29, 0.717) is 50.9 Å². The number of hydrogen-bond acceptors (Lipinski definition) is 14. The number of halogens is 5. The zero-order valence-electron chi connectivity index (χ0n) is 67.8. The van der Waals surface area contributed by atoms with Gasteiger partial charge in [0.25, 0.3) is 0 Å². The van der Waals surface area contributed by atoms with Gasteiger partial charge in [-0.3, -0.25) is 57.5 Å². The molecule has 3 N–H and O–H groups in total. The molecule has 31 heteroatoms. The Morgan fingerprint density at radius 2 is 1.30 bits per heavy atom. The number of carbonyl (C=O) groups excluding carboxylic acids is 12. The van der Waals surface area contributed by atoms with Crippen LogP contribution in [0.15, 0.2) is 12.2 Å². The first-order chi connectivity index (χ1) is 51.8. The van der Waals surface area contributed by atoms with E-state index in [2.05, 4.69) is 22.9 Å². The second kappa shape index (κ2) is 39.6. The third-order valence-corrected chi connectivity index (χ3v) is 24.6. The normalized spacial score (nSPS) is 31.9. The van der Waals surface area contributed by atoms with Crippen LogP contribution in [0.3, 0.4) is 0 Å². The summed E-state index contributed by atoms with van der Waals surface area (Å²) in [6.45, 7) is 15.2. The van der Waals surface area contributed by atoms with Gasteiger partial charge in [0, 0.05) is 88.1 Å². The maximum atomic E-state index is 15.9. The number of ether oxygens (including phenoxy) is 2. The predicted octanol–water partition coefficient (Wildman–Crippen LogP) is 6.61. The lowest BCUT2D eigenvalue weighted by Crippen LogP contribution is -2.71. The van der Waals surface area contributed by atoms with Gasteiger partial charge in [0.2, 0.25) is 70.9 Å². The lowest BCUT2D eigenvalue weighted by atomic mass is 9.58. The van der Waals surface area contributed by atoms with Crippen LogP contribution < -0.4 is 16.0 Å². The van der Waals surface area contributed by atoms with Crippen molar-refractivity contribution >= 4 is 70.9 Å². The average molecular weight is 1560 g/mol. The lowest BCUT2D eigenvalue weighted by molar-refractivity contribution is -0.219. The van der Waals surface area contributed by atoms with Crippen molar-refractivity contribution in [2.75, 3.05) is 101 Å². The van der Waals surface area contributed by atoms with Crippen molar-refractivity contribution in [1.82, 2.24) is 60.0 Å². The number of amides is 12. The summed E-state index contributed by atoms with van der Waals surface area (Å²) >= 11 is 0. The first-order valence-corrected chi connectivity index (χ1v) is 40.3. The molecular formula is C79H127F5N12O14. The van der Waals surface area contributed by atoms with Crippen LogP contribution in [0.5, 0.6) is 0 Å². The minimum atomic E-state index is -5.18. The lowest BCUT2D eigenvalue weighted by Gasteiger charge is -2.54. The Kier molecular flexibility index (Phi) is 32.5. The minimum absolute atomic E-state index is 0.00306. The molecule has 110 heavy (non-hydrogen) atoms. The van der Waals surface area contributed by atoms with Gasteiger partial charge in [-0.2, -0.15) is 13.2 Å². The van der Waals surface area contributed by atoms with Gasteiger partial charge >= 0.3 is 6.18 Å². The van der Waals surface area contributed by atoms with E-state index >= 15 is 47.1 Å². The largest absolute Gasteiger partial charge is 0.397 e. The summed E-state index contributed by atoms with van der Waals surface area (Å²) in [5, 5.41) is 8.63. The number of fused-ring (bicyclic) bond motifs is 3. The quantitative estimate of drug-likeness (QED) is 0.0785. The van der Waals surface area contributed by atoms with E-state index in [1.807, 2.05) is 33.8 Å². The summed E-state index contributed by atoms with van der Waals surface area (Å²) in [7, 11) is 8.35. The topological polar surface area (TPSA) is 289 Å². The molecule has 3 heterocycles. The number of alkyl halides is 5. The van der Waals surface area contributed by atoms with Crippen LogP contribution in [0, 0.1) is 40.9 Å². The minimum Gasteiger partial charge on any atom is -0.379 e. The molecule has 7 aliphatic rings. The SMILES string of the molecule is CCCOC[C@H]1C(=O)N[C@@H]([C@@H](C)CC)C(=O)N(C)CC(=O)N(C)[C@H]2C/C=C\CCN(C2=O)[C@@H](CC2CCC(C)CC2)C(=O)N(C)CC(=O)N[C@@H](CCC2CC(F)C(C(F)(F)F)C(F)C2)C(=O)N2C[C@H](OCC)C[C@H]2C(=O)NC2(CC(C)(C)C2)C(=O)N(C)[C@@H](C2CCCC2)C(=O)N(C)[C@H](C(=O)N(CC)CC)CC(=O)N1C. The summed E-state index contributed by atoms with van der Waals surface area (Å²) in [5.74, 6) is -13.3. The number of likely N-dealkylation sites (N-methyl/N-ethyl adjacent to an activating group) is 7. The van der Waals surface area contributed by atoms with Crippen LogP contribution in [0.1, 0.15) is 197 Å². The van der Waals surface area contributed by atoms with E-state index < -0.39 is 217 Å². The average Bonchev–Trinajstić information content (AvgIpc) is 0.935. The molecule has 0 aromatic rings. The van der Waals surface area contributed by atoms with Gasteiger partial charge in [0.05, 0.1) is 32.2 Å². The second-order valence-corrected chi connectivity index (χ2v) is 33.4. The molecule has 2 saturated heterocycles. The first-order valence-electron chi connectivity index (χ1n) is 40.3. The van der Waals surface area contributed by atoms with Crippen LogP contribution in [0.2, 0.25) is 0 Å². The molecular weight excluding hydrogens is 1440 g/mol. The summed E-state index contributed by atoms with van der Waals surface area (Å²) in [6.07, 6.45) is -3.60. The fourth-order valence-electron chi connectivity index (χ4n) is 18.1. The highest BCUT2D eigenvalue weighted by molar-refractivity contribution is 6.01.